The molecular formula is C30H34Cl3N3O5S. The molecule has 0 heterocycles. The van der Waals surface area contributed by atoms with Crippen molar-refractivity contribution in [1.82, 2.24) is 10.2 Å². The second kappa shape index (κ2) is 15.0. The molecule has 0 aliphatic heterocycles. The van der Waals surface area contributed by atoms with Gasteiger partial charge in [0.1, 0.15) is 18.3 Å². The lowest BCUT2D eigenvalue weighted by atomic mass is 10.1. The number of hydrogen-bond acceptors (Lipinski definition) is 5. The lowest BCUT2D eigenvalue weighted by molar-refractivity contribution is -0.140. The lowest BCUT2D eigenvalue weighted by Gasteiger charge is -2.34. The van der Waals surface area contributed by atoms with Crippen LogP contribution in [0.2, 0.25) is 15.1 Å². The van der Waals surface area contributed by atoms with Gasteiger partial charge in [0.05, 0.1) is 17.7 Å². The van der Waals surface area contributed by atoms with E-state index in [0.717, 1.165) is 4.31 Å². The molecule has 1 N–H and O–H groups in total. The number of hydrogen-bond donors (Lipinski definition) is 1. The van der Waals surface area contributed by atoms with E-state index in [1.165, 1.54) is 36.3 Å². The molecule has 0 bridgehead atoms. The van der Waals surface area contributed by atoms with Crippen molar-refractivity contribution in [3.05, 3.63) is 87.4 Å². The Hall–Kier alpha value is -2.98. The molecule has 0 aromatic heterocycles. The number of methoxy groups -OCH3 is 1. The van der Waals surface area contributed by atoms with Gasteiger partial charge in [0, 0.05) is 33.7 Å². The number of carbonyl (C=O) groups is 2. The average molecular weight is 655 g/mol. The Morgan fingerprint density at radius 2 is 1.60 bits per heavy atom. The molecule has 3 aromatic carbocycles. The third-order valence-electron chi connectivity index (χ3n) is 6.48. The number of halogens is 3. The molecule has 2 amide bonds. The molecule has 226 valence electrons. The SMILES string of the molecule is CCC(C(=O)NCC(C)C)N(Cc1c(Cl)cccc1Cl)C(=O)CN(c1cc(Cl)ccc1OC)S(=O)(=O)c1ccccc1. The van der Waals surface area contributed by atoms with Crippen molar-refractivity contribution in [2.45, 2.75) is 44.7 Å². The Bertz CT molecular complexity index is 1480. The van der Waals surface area contributed by atoms with Gasteiger partial charge in [-0.1, -0.05) is 79.8 Å². The molecule has 0 saturated heterocycles. The van der Waals surface area contributed by atoms with Crippen molar-refractivity contribution < 1.29 is 22.7 Å². The highest BCUT2D eigenvalue weighted by Crippen LogP contribution is 2.35. The molecule has 3 aromatic rings. The van der Waals surface area contributed by atoms with Gasteiger partial charge >= 0.3 is 0 Å². The van der Waals surface area contributed by atoms with E-state index < -0.39 is 28.5 Å². The Balaban J connectivity index is 2.14. The number of benzene rings is 3. The zero-order valence-electron chi connectivity index (χ0n) is 23.8. The Labute approximate surface area is 262 Å². The fourth-order valence-corrected chi connectivity index (χ4v) is 6.41. The van der Waals surface area contributed by atoms with Gasteiger partial charge in [-0.2, -0.15) is 0 Å². The fraction of sp³-hybridized carbons (Fsp3) is 0.333. The Kier molecular flexibility index (Phi) is 11.9. The van der Waals surface area contributed by atoms with Crippen LogP contribution in [0, 0.1) is 5.92 Å². The van der Waals surface area contributed by atoms with Gasteiger partial charge in [-0.25, -0.2) is 8.42 Å². The standard InChI is InChI=1S/C30H34Cl3N3O5S/c1-5-26(30(38)34-17-20(2)3)35(18-23-24(32)12-9-13-25(23)33)29(37)19-36(27-16-21(31)14-15-28(27)41-4)42(39,40)22-10-7-6-8-11-22/h6-16,20,26H,5,17-19H2,1-4H3,(H,34,38). The summed E-state index contributed by atoms with van der Waals surface area (Å²) in [5, 5.41) is 3.74. The van der Waals surface area contributed by atoms with E-state index >= 15 is 0 Å². The highest BCUT2D eigenvalue weighted by atomic mass is 35.5. The summed E-state index contributed by atoms with van der Waals surface area (Å²) < 4.78 is 34.4. The molecule has 42 heavy (non-hydrogen) atoms. The molecule has 0 fully saturated rings. The van der Waals surface area contributed by atoms with Crippen LogP contribution in [0.15, 0.2) is 71.6 Å². The van der Waals surface area contributed by atoms with E-state index in [1.807, 2.05) is 13.8 Å². The first-order valence-corrected chi connectivity index (χ1v) is 15.9. The second-order valence-corrected chi connectivity index (χ2v) is 13.0. The van der Waals surface area contributed by atoms with E-state index in [9.17, 15) is 18.0 Å². The summed E-state index contributed by atoms with van der Waals surface area (Å²) >= 11 is 19.2. The smallest absolute Gasteiger partial charge is 0.264 e. The third kappa shape index (κ3) is 8.10. The van der Waals surface area contributed by atoms with Crippen LogP contribution in [0.1, 0.15) is 32.8 Å². The molecule has 1 unspecified atom stereocenters. The number of amides is 2. The molecule has 12 heteroatoms. The number of anilines is 1. The predicted octanol–water partition coefficient (Wildman–Crippen LogP) is 6.43. The predicted molar refractivity (Wildman–Crippen MR) is 168 cm³/mol. The molecule has 1 atom stereocenters. The minimum Gasteiger partial charge on any atom is -0.495 e. The maximum Gasteiger partial charge on any atom is 0.264 e. The van der Waals surface area contributed by atoms with Crippen molar-refractivity contribution in [1.29, 1.82) is 0 Å². The molecule has 0 aliphatic carbocycles. The van der Waals surface area contributed by atoms with Gasteiger partial charge in [0.2, 0.25) is 11.8 Å². The van der Waals surface area contributed by atoms with Crippen LogP contribution in [0.25, 0.3) is 0 Å². The zero-order valence-corrected chi connectivity index (χ0v) is 26.9. The van der Waals surface area contributed by atoms with Crippen molar-refractivity contribution >= 4 is 62.3 Å². The van der Waals surface area contributed by atoms with E-state index in [-0.39, 0.29) is 46.1 Å². The van der Waals surface area contributed by atoms with Crippen LogP contribution in [0.4, 0.5) is 5.69 Å². The quantitative estimate of drug-likeness (QED) is 0.229. The van der Waals surface area contributed by atoms with Crippen LogP contribution >= 0.6 is 34.8 Å². The summed E-state index contributed by atoms with van der Waals surface area (Å²) in [6.45, 7) is 5.29. The fourth-order valence-electron chi connectivity index (χ4n) is 4.29. The number of sulfonamides is 1. The molecular weight excluding hydrogens is 621 g/mol. The minimum absolute atomic E-state index is 0.0396. The summed E-state index contributed by atoms with van der Waals surface area (Å²) in [5.74, 6) is -0.663. The second-order valence-electron chi connectivity index (χ2n) is 9.93. The summed E-state index contributed by atoms with van der Waals surface area (Å²) in [6.07, 6.45) is 0.254. The van der Waals surface area contributed by atoms with Crippen LogP contribution < -0.4 is 14.4 Å². The normalized spacial score (nSPS) is 12.1. The first kappa shape index (κ1) is 33.5. The molecule has 0 radical (unpaired) electrons. The summed E-state index contributed by atoms with van der Waals surface area (Å²) in [5.41, 5.74) is 0.498. The van der Waals surface area contributed by atoms with Crippen LogP contribution in [-0.2, 0) is 26.2 Å². The van der Waals surface area contributed by atoms with Crippen LogP contribution in [0.3, 0.4) is 0 Å². The minimum atomic E-state index is -4.30. The maximum absolute atomic E-state index is 14.2. The van der Waals surface area contributed by atoms with Gasteiger partial charge < -0.3 is 15.0 Å². The van der Waals surface area contributed by atoms with Crippen molar-refractivity contribution in [3.8, 4) is 5.75 Å². The third-order valence-corrected chi connectivity index (χ3v) is 9.20. The van der Waals surface area contributed by atoms with E-state index in [1.54, 1.807) is 49.4 Å². The first-order chi connectivity index (χ1) is 19.9. The number of nitrogens with zero attached hydrogens (tertiary/aromatic N) is 2. The van der Waals surface area contributed by atoms with Gasteiger partial charge in [0.25, 0.3) is 10.0 Å². The molecule has 0 saturated carbocycles. The number of carbonyl (C=O) groups excluding carboxylic acids is 2. The molecule has 0 aliphatic rings. The van der Waals surface area contributed by atoms with E-state index in [2.05, 4.69) is 5.32 Å². The highest BCUT2D eigenvalue weighted by Gasteiger charge is 2.35. The van der Waals surface area contributed by atoms with E-state index in [4.69, 9.17) is 39.5 Å². The highest BCUT2D eigenvalue weighted by molar-refractivity contribution is 7.92. The summed E-state index contributed by atoms with van der Waals surface area (Å²) in [6, 6.07) is 16.2. The lowest BCUT2D eigenvalue weighted by Crippen LogP contribution is -2.52. The van der Waals surface area contributed by atoms with Crippen molar-refractivity contribution in [2.24, 2.45) is 5.92 Å². The molecule has 8 nitrogen and oxygen atoms in total. The Morgan fingerprint density at radius 1 is 0.952 bits per heavy atom. The van der Waals surface area contributed by atoms with Crippen LogP contribution in [0.5, 0.6) is 5.75 Å². The summed E-state index contributed by atoms with van der Waals surface area (Å²) in [4.78, 5) is 28.9. The average Bonchev–Trinajstić information content (AvgIpc) is 2.96. The largest absolute Gasteiger partial charge is 0.495 e. The maximum atomic E-state index is 14.2. The van der Waals surface area contributed by atoms with Gasteiger partial charge in [0.15, 0.2) is 0 Å². The van der Waals surface area contributed by atoms with Crippen molar-refractivity contribution in [3.63, 3.8) is 0 Å². The first-order valence-electron chi connectivity index (χ1n) is 13.3. The Morgan fingerprint density at radius 3 is 2.17 bits per heavy atom. The number of rotatable bonds is 13. The number of nitrogens with one attached hydrogen (secondary N) is 1. The van der Waals surface area contributed by atoms with E-state index in [0.29, 0.717) is 22.2 Å². The van der Waals surface area contributed by atoms with Gasteiger partial charge in [-0.15, -0.1) is 0 Å². The van der Waals surface area contributed by atoms with Crippen molar-refractivity contribution in [2.75, 3.05) is 24.5 Å². The van der Waals surface area contributed by atoms with Gasteiger partial charge in [-0.3, -0.25) is 13.9 Å². The number of ether oxygens (including phenoxy) is 1. The zero-order chi connectivity index (χ0) is 31.0. The summed E-state index contributed by atoms with van der Waals surface area (Å²) in [7, 11) is -2.91. The molecule has 3 rings (SSSR count). The van der Waals surface area contributed by atoms with Gasteiger partial charge in [-0.05, 0) is 54.8 Å². The topological polar surface area (TPSA) is 96.0 Å². The molecule has 0 spiro atoms. The van der Waals surface area contributed by atoms with Crippen LogP contribution in [-0.4, -0.2) is 51.4 Å². The monoisotopic (exact) mass is 653 g/mol.